The molecule has 104 valence electrons. The average molecular weight is 270 g/mol. The Balaban J connectivity index is 1.46. The van der Waals surface area contributed by atoms with E-state index in [0.29, 0.717) is 25.4 Å². The molecule has 1 aromatic heterocycles. The number of hydrogen-bond acceptors (Lipinski definition) is 2. The molecule has 0 spiro atoms. The second-order valence-corrected chi connectivity index (χ2v) is 6.16. The number of fused-ring (bicyclic) bond motifs is 1. The van der Waals surface area contributed by atoms with E-state index in [0.717, 1.165) is 29.3 Å². The van der Waals surface area contributed by atoms with Crippen molar-refractivity contribution < 1.29 is 9.90 Å². The van der Waals surface area contributed by atoms with Crippen molar-refractivity contribution in [2.45, 2.75) is 24.9 Å². The summed E-state index contributed by atoms with van der Waals surface area (Å²) in [6.45, 7) is 1.03. The molecule has 0 radical (unpaired) electrons. The summed E-state index contributed by atoms with van der Waals surface area (Å²) < 4.78 is 0. The monoisotopic (exact) mass is 270 g/mol. The fourth-order valence-corrected chi connectivity index (χ4v) is 3.22. The van der Waals surface area contributed by atoms with Gasteiger partial charge in [0.2, 0.25) is 5.91 Å². The third-order valence-electron chi connectivity index (χ3n) is 4.64. The first kappa shape index (κ1) is 12.0. The van der Waals surface area contributed by atoms with Crippen LogP contribution in [0, 0.1) is 5.92 Å². The number of nitrogens with one attached hydrogen (secondary N) is 1. The normalized spacial score (nSPS) is 20.9. The second kappa shape index (κ2) is 4.09. The Labute approximate surface area is 117 Å². The van der Waals surface area contributed by atoms with Crippen molar-refractivity contribution in [3.05, 3.63) is 36.0 Å². The molecule has 4 heteroatoms. The molecule has 1 aliphatic heterocycles. The van der Waals surface area contributed by atoms with E-state index in [1.165, 1.54) is 0 Å². The summed E-state index contributed by atoms with van der Waals surface area (Å²) in [6, 6.07) is 8.01. The summed E-state index contributed by atoms with van der Waals surface area (Å²) in [6.07, 6.45) is 4.54. The van der Waals surface area contributed by atoms with Crippen LogP contribution in [0.1, 0.15) is 18.4 Å². The predicted octanol–water partition coefficient (Wildman–Crippen LogP) is 1.69. The third kappa shape index (κ3) is 1.83. The number of carbonyl (C=O) groups is 1. The van der Waals surface area contributed by atoms with Gasteiger partial charge in [-0.25, -0.2) is 0 Å². The molecule has 4 nitrogen and oxygen atoms in total. The van der Waals surface area contributed by atoms with E-state index in [1.807, 2.05) is 30.5 Å². The number of aromatic nitrogens is 1. The first-order chi connectivity index (χ1) is 9.66. The predicted molar refractivity (Wildman–Crippen MR) is 76.3 cm³/mol. The van der Waals surface area contributed by atoms with Crippen LogP contribution in [0.3, 0.4) is 0 Å². The van der Waals surface area contributed by atoms with Crippen molar-refractivity contribution in [1.82, 2.24) is 9.88 Å². The van der Waals surface area contributed by atoms with Gasteiger partial charge in [0.15, 0.2) is 0 Å². The van der Waals surface area contributed by atoms with E-state index in [4.69, 9.17) is 0 Å². The molecule has 0 bridgehead atoms. The van der Waals surface area contributed by atoms with Crippen molar-refractivity contribution in [2.75, 3.05) is 13.1 Å². The zero-order chi connectivity index (χ0) is 13.7. The van der Waals surface area contributed by atoms with Gasteiger partial charge in [-0.15, -0.1) is 0 Å². The molecule has 2 heterocycles. The van der Waals surface area contributed by atoms with Gasteiger partial charge in [0, 0.05) is 17.1 Å². The molecular weight excluding hydrogens is 252 g/mol. The molecule has 2 N–H and O–H groups in total. The average Bonchev–Trinajstić information content (AvgIpc) is 3.19. The Bertz CT molecular complexity index is 666. The standard InChI is InChI=1S/C16H18N2O2/c19-15(18-9-16(20,10-18)12-5-6-12)7-11-8-17-14-4-2-1-3-13(11)14/h1-4,8,12,17,20H,5-7,9-10H2. The maximum atomic E-state index is 12.3. The van der Waals surface area contributed by atoms with Crippen LogP contribution >= 0.6 is 0 Å². The Kier molecular flexibility index (Phi) is 2.45. The van der Waals surface area contributed by atoms with Gasteiger partial charge >= 0.3 is 0 Å². The number of H-pyrrole nitrogens is 1. The number of likely N-dealkylation sites (tertiary alicyclic amines) is 1. The summed E-state index contributed by atoms with van der Waals surface area (Å²) in [7, 11) is 0. The van der Waals surface area contributed by atoms with Crippen LogP contribution in [0.15, 0.2) is 30.5 Å². The van der Waals surface area contributed by atoms with Gasteiger partial charge in [0.25, 0.3) is 0 Å². The fourth-order valence-electron chi connectivity index (χ4n) is 3.22. The Morgan fingerprint density at radius 3 is 2.85 bits per heavy atom. The van der Waals surface area contributed by atoms with Crippen LogP contribution in [-0.4, -0.2) is 39.6 Å². The van der Waals surface area contributed by atoms with Gasteiger partial charge in [0.1, 0.15) is 5.60 Å². The summed E-state index contributed by atoms with van der Waals surface area (Å²) in [4.78, 5) is 17.2. The molecule has 2 fully saturated rings. The van der Waals surface area contributed by atoms with E-state index in [9.17, 15) is 9.90 Å². The first-order valence-corrected chi connectivity index (χ1v) is 7.21. The lowest BCUT2D eigenvalue weighted by atomic mass is 9.88. The lowest BCUT2D eigenvalue weighted by Crippen LogP contribution is -2.65. The molecule has 20 heavy (non-hydrogen) atoms. The number of amides is 1. The molecular formula is C16H18N2O2. The Morgan fingerprint density at radius 1 is 1.35 bits per heavy atom. The van der Waals surface area contributed by atoms with Crippen molar-refractivity contribution >= 4 is 16.8 Å². The lowest BCUT2D eigenvalue weighted by molar-refractivity contribution is -0.158. The first-order valence-electron chi connectivity index (χ1n) is 7.21. The quantitative estimate of drug-likeness (QED) is 0.892. The van der Waals surface area contributed by atoms with Gasteiger partial charge in [-0.1, -0.05) is 18.2 Å². The van der Waals surface area contributed by atoms with Gasteiger partial charge in [-0.05, 0) is 30.4 Å². The number of nitrogens with zero attached hydrogens (tertiary/aromatic N) is 1. The van der Waals surface area contributed by atoms with Crippen LogP contribution in [0.2, 0.25) is 0 Å². The third-order valence-corrected chi connectivity index (χ3v) is 4.64. The number of benzene rings is 1. The zero-order valence-electron chi connectivity index (χ0n) is 11.3. The molecule has 1 aromatic carbocycles. The van der Waals surface area contributed by atoms with Crippen molar-refractivity contribution in [1.29, 1.82) is 0 Å². The minimum Gasteiger partial charge on any atom is -0.386 e. The Hall–Kier alpha value is -1.81. The highest BCUT2D eigenvalue weighted by Gasteiger charge is 2.53. The number of carbonyl (C=O) groups excluding carboxylic acids is 1. The number of aromatic amines is 1. The maximum absolute atomic E-state index is 12.3. The molecule has 0 unspecified atom stereocenters. The van der Waals surface area contributed by atoms with Crippen LogP contribution in [-0.2, 0) is 11.2 Å². The molecule has 1 aliphatic carbocycles. The summed E-state index contributed by atoms with van der Waals surface area (Å²) in [5, 5.41) is 11.4. The summed E-state index contributed by atoms with van der Waals surface area (Å²) in [5.74, 6) is 0.541. The molecule has 2 aliphatic rings. The molecule has 1 amide bonds. The highest BCUT2D eigenvalue weighted by atomic mass is 16.3. The van der Waals surface area contributed by atoms with E-state index < -0.39 is 5.60 Å². The number of rotatable bonds is 3. The Morgan fingerprint density at radius 2 is 2.10 bits per heavy atom. The number of aliphatic hydroxyl groups is 1. The number of β-amino-alcohol motifs (C(OH)–C–C–N with tert-alkyl or cyclic N) is 1. The molecule has 4 rings (SSSR count). The van der Waals surface area contributed by atoms with Crippen LogP contribution < -0.4 is 0 Å². The number of para-hydroxylation sites is 1. The number of hydrogen-bond donors (Lipinski definition) is 2. The topological polar surface area (TPSA) is 56.3 Å². The zero-order valence-corrected chi connectivity index (χ0v) is 11.3. The maximum Gasteiger partial charge on any atom is 0.227 e. The van der Waals surface area contributed by atoms with Gasteiger partial charge in [-0.2, -0.15) is 0 Å². The molecule has 1 saturated carbocycles. The van der Waals surface area contributed by atoms with Gasteiger partial charge in [-0.3, -0.25) is 4.79 Å². The smallest absolute Gasteiger partial charge is 0.227 e. The lowest BCUT2D eigenvalue weighted by Gasteiger charge is -2.47. The highest BCUT2D eigenvalue weighted by Crippen LogP contribution is 2.44. The SMILES string of the molecule is O=C(Cc1c[nH]c2ccccc12)N1CC(O)(C2CC2)C1. The minimum atomic E-state index is -0.587. The van der Waals surface area contributed by atoms with Crippen LogP contribution in [0.25, 0.3) is 10.9 Å². The molecule has 2 aromatic rings. The second-order valence-electron chi connectivity index (χ2n) is 6.16. The van der Waals surface area contributed by atoms with Crippen molar-refractivity contribution in [3.8, 4) is 0 Å². The molecule has 0 atom stereocenters. The molecule has 1 saturated heterocycles. The van der Waals surface area contributed by atoms with Crippen LogP contribution in [0.5, 0.6) is 0 Å². The van der Waals surface area contributed by atoms with Crippen molar-refractivity contribution in [3.63, 3.8) is 0 Å². The largest absolute Gasteiger partial charge is 0.386 e. The minimum absolute atomic E-state index is 0.111. The van der Waals surface area contributed by atoms with Crippen molar-refractivity contribution in [2.24, 2.45) is 5.92 Å². The fraction of sp³-hybridized carbons (Fsp3) is 0.438. The van der Waals surface area contributed by atoms with E-state index in [1.54, 1.807) is 4.90 Å². The van der Waals surface area contributed by atoms with E-state index >= 15 is 0 Å². The van der Waals surface area contributed by atoms with Crippen LogP contribution in [0.4, 0.5) is 0 Å². The van der Waals surface area contributed by atoms with E-state index in [-0.39, 0.29) is 5.91 Å². The highest BCUT2D eigenvalue weighted by molar-refractivity contribution is 5.89. The van der Waals surface area contributed by atoms with E-state index in [2.05, 4.69) is 4.98 Å². The van der Waals surface area contributed by atoms with Gasteiger partial charge < -0.3 is 15.0 Å². The summed E-state index contributed by atoms with van der Waals surface area (Å²) in [5.41, 5.74) is 1.51. The summed E-state index contributed by atoms with van der Waals surface area (Å²) >= 11 is 0. The van der Waals surface area contributed by atoms with Gasteiger partial charge in [0.05, 0.1) is 19.5 Å².